The molecular formula is C20H22F2N2O3S. The number of carbonyl (C=O) groups is 1. The Hall–Kier alpha value is -2.32. The number of anilines is 1. The molecule has 0 aliphatic heterocycles. The van der Waals surface area contributed by atoms with Gasteiger partial charge in [0.15, 0.2) is 0 Å². The smallest absolute Gasteiger partial charge is 0.258 e. The summed E-state index contributed by atoms with van der Waals surface area (Å²) < 4.78 is 54.7. The molecule has 1 saturated carbocycles. The fourth-order valence-corrected chi connectivity index (χ4v) is 4.85. The molecule has 0 unspecified atom stereocenters. The molecule has 0 bridgehead atoms. The molecule has 1 fully saturated rings. The molecule has 1 aliphatic rings. The molecule has 0 saturated heterocycles. The second-order valence-electron chi connectivity index (χ2n) is 6.92. The molecule has 0 heterocycles. The molecule has 28 heavy (non-hydrogen) atoms. The highest BCUT2D eigenvalue weighted by atomic mass is 32.2. The molecule has 2 aromatic carbocycles. The zero-order valence-corrected chi connectivity index (χ0v) is 16.3. The molecule has 8 heteroatoms. The topological polar surface area (TPSA) is 66.5 Å². The SMILES string of the molecule is CN(C1CCCCC1)S(=O)(=O)c1ccc(F)c(C(=O)Nc2cccc(F)c2)c1. The first-order valence-corrected chi connectivity index (χ1v) is 10.6. The number of amides is 1. The first-order chi connectivity index (χ1) is 13.3. The number of nitrogens with zero attached hydrogens (tertiary/aromatic N) is 1. The Morgan fingerprint density at radius 1 is 1.07 bits per heavy atom. The molecule has 1 N–H and O–H groups in total. The van der Waals surface area contributed by atoms with Gasteiger partial charge >= 0.3 is 0 Å². The van der Waals surface area contributed by atoms with E-state index < -0.39 is 33.1 Å². The van der Waals surface area contributed by atoms with Gasteiger partial charge in [-0.05, 0) is 49.2 Å². The normalized spacial score (nSPS) is 15.6. The molecule has 5 nitrogen and oxygen atoms in total. The van der Waals surface area contributed by atoms with Gasteiger partial charge in [-0.15, -0.1) is 0 Å². The largest absolute Gasteiger partial charge is 0.322 e. The van der Waals surface area contributed by atoms with E-state index in [1.165, 1.54) is 29.6 Å². The summed E-state index contributed by atoms with van der Waals surface area (Å²) >= 11 is 0. The van der Waals surface area contributed by atoms with Crippen LogP contribution in [0.25, 0.3) is 0 Å². The zero-order chi connectivity index (χ0) is 20.3. The number of carbonyl (C=O) groups excluding carboxylic acids is 1. The molecule has 0 radical (unpaired) electrons. The van der Waals surface area contributed by atoms with E-state index in [9.17, 15) is 22.0 Å². The van der Waals surface area contributed by atoms with E-state index in [1.807, 2.05) is 0 Å². The second-order valence-corrected chi connectivity index (χ2v) is 8.92. The molecule has 0 atom stereocenters. The number of hydrogen-bond donors (Lipinski definition) is 1. The van der Waals surface area contributed by atoms with E-state index in [-0.39, 0.29) is 16.6 Å². The summed E-state index contributed by atoms with van der Waals surface area (Å²) in [6, 6.07) is 8.20. The number of benzene rings is 2. The van der Waals surface area contributed by atoms with Gasteiger partial charge in [-0.25, -0.2) is 17.2 Å². The predicted octanol–water partition coefficient (Wildman–Crippen LogP) is 4.17. The highest BCUT2D eigenvalue weighted by Crippen LogP contribution is 2.27. The molecule has 150 valence electrons. The minimum absolute atomic E-state index is 0.103. The summed E-state index contributed by atoms with van der Waals surface area (Å²) in [6.45, 7) is 0. The lowest BCUT2D eigenvalue weighted by Crippen LogP contribution is -2.38. The number of rotatable bonds is 5. The minimum atomic E-state index is -3.86. The molecule has 0 aromatic heterocycles. The van der Waals surface area contributed by atoms with Gasteiger partial charge in [0.05, 0.1) is 10.5 Å². The Balaban J connectivity index is 1.86. The van der Waals surface area contributed by atoms with E-state index in [1.54, 1.807) is 0 Å². The van der Waals surface area contributed by atoms with E-state index >= 15 is 0 Å². The van der Waals surface area contributed by atoms with Crippen molar-refractivity contribution in [2.45, 2.75) is 43.0 Å². The fraction of sp³-hybridized carbons (Fsp3) is 0.350. The molecular weight excluding hydrogens is 386 g/mol. The Bertz CT molecular complexity index is 973. The molecule has 1 amide bonds. The van der Waals surface area contributed by atoms with Crippen molar-refractivity contribution in [1.29, 1.82) is 0 Å². The summed E-state index contributed by atoms with van der Waals surface area (Å²) in [7, 11) is -2.35. The van der Waals surface area contributed by atoms with E-state index in [0.717, 1.165) is 56.4 Å². The standard InChI is InChI=1S/C20H22F2N2O3S/c1-24(16-8-3-2-4-9-16)28(26,27)17-10-11-19(22)18(13-17)20(25)23-15-7-5-6-14(21)12-15/h5-7,10-13,16H,2-4,8-9H2,1H3,(H,23,25). The van der Waals surface area contributed by atoms with Gasteiger partial charge < -0.3 is 5.32 Å². The van der Waals surface area contributed by atoms with Crippen LogP contribution < -0.4 is 5.32 Å². The Kier molecular flexibility index (Phi) is 6.10. The van der Waals surface area contributed by atoms with Crippen LogP contribution in [0.2, 0.25) is 0 Å². The third kappa shape index (κ3) is 4.39. The summed E-state index contributed by atoms with van der Waals surface area (Å²) in [5.74, 6) is -2.25. The van der Waals surface area contributed by atoms with Gasteiger partial charge in [-0.3, -0.25) is 4.79 Å². The van der Waals surface area contributed by atoms with Crippen molar-refractivity contribution in [3.63, 3.8) is 0 Å². The quantitative estimate of drug-likeness (QED) is 0.808. The predicted molar refractivity (Wildman–Crippen MR) is 103 cm³/mol. The van der Waals surface area contributed by atoms with Crippen molar-refractivity contribution in [2.75, 3.05) is 12.4 Å². The lowest BCUT2D eigenvalue weighted by Gasteiger charge is -2.30. The van der Waals surface area contributed by atoms with Crippen LogP contribution >= 0.6 is 0 Å². The van der Waals surface area contributed by atoms with Gasteiger partial charge in [0.25, 0.3) is 5.91 Å². The van der Waals surface area contributed by atoms with Crippen molar-refractivity contribution in [2.24, 2.45) is 0 Å². The summed E-state index contributed by atoms with van der Waals surface area (Å²) in [6.07, 6.45) is 4.59. The maximum Gasteiger partial charge on any atom is 0.258 e. The summed E-state index contributed by atoms with van der Waals surface area (Å²) in [5, 5.41) is 2.38. The van der Waals surface area contributed by atoms with E-state index in [2.05, 4.69) is 5.32 Å². The van der Waals surface area contributed by atoms with Crippen LogP contribution in [0, 0.1) is 11.6 Å². The first-order valence-electron chi connectivity index (χ1n) is 9.13. The third-order valence-electron chi connectivity index (χ3n) is 5.03. The van der Waals surface area contributed by atoms with Crippen LogP contribution in [-0.4, -0.2) is 31.7 Å². The summed E-state index contributed by atoms with van der Waals surface area (Å²) in [4.78, 5) is 12.3. The number of nitrogens with one attached hydrogen (secondary N) is 1. The zero-order valence-electron chi connectivity index (χ0n) is 15.5. The first kappa shape index (κ1) is 20.4. The lowest BCUT2D eigenvalue weighted by atomic mass is 9.96. The van der Waals surface area contributed by atoms with Gasteiger partial charge in [0.2, 0.25) is 10.0 Å². The Labute approximate surface area is 163 Å². The maximum atomic E-state index is 14.2. The van der Waals surface area contributed by atoms with Crippen molar-refractivity contribution in [3.8, 4) is 0 Å². The maximum absolute atomic E-state index is 14.2. The van der Waals surface area contributed by atoms with E-state index in [0.29, 0.717) is 0 Å². The van der Waals surface area contributed by atoms with Crippen molar-refractivity contribution in [1.82, 2.24) is 4.31 Å². The van der Waals surface area contributed by atoms with Crippen molar-refractivity contribution >= 4 is 21.6 Å². The lowest BCUT2D eigenvalue weighted by molar-refractivity contribution is 0.102. The molecule has 3 rings (SSSR count). The van der Waals surface area contributed by atoms with Crippen LogP contribution in [-0.2, 0) is 10.0 Å². The van der Waals surface area contributed by atoms with Gasteiger partial charge in [-0.2, -0.15) is 4.31 Å². The average Bonchev–Trinajstić information content (AvgIpc) is 2.68. The highest BCUT2D eigenvalue weighted by Gasteiger charge is 2.30. The van der Waals surface area contributed by atoms with Crippen LogP contribution in [0.1, 0.15) is 42.5 Å². The van der Waals surface area contributed by atoms with Crippen LogP contribution in [0.3, 0.4) is 0 Å². The molecule has 0 spiro atoms. The third-order valence-corrected chi connectivity index (χ3v) is 6.94. The van der Waals surface area contributed by atoms with Crippen LogP contribution in [0.15, 0.2) is 47.4 Å². The second kappa shape index (κ2) is 8.36. The fourth-order valence-electron chi connectivity index (χ4n) is 3.41. The van der Waals surface area contributed by atoms with Crippen LogP contribution in [0.5, 0.6) is 0 Å². The average molecular weight is 408 g/mol. The number of hydrogen-bond acceptors (Lipinski definition) is 3. The van der Waals surface area contributed by atoms with Crippen LogP contribution in [0.4, 0.5) is 14.5 Å². The van der Waals surface area contributed by atoms with Gasteiger partial charge in [-0.1, -0.05) is 25.3 Å². The molecule has 1 aliphatic carbocycles. The Morgan fingerprint density at radius 2 is 1.79 bits per heavy atom. The summed E-state index contributed by atoms with van der Waals surface area (Å²) in [5.41, 5.74) is -0.264. The van der Waals surface area contributed by atoms with Gasteiger partial charge in [0.1, 0.15) is 11.6 Å². The van der Waals surface area contributed by atoms with Crippen molar-refractivity contribution in [3.05, 3.63) is 59.7 Å². The number of sulfonamides is 1. The Morgan fingerprint density at radius 3 is 2.46 bits per heavy atom. The molecule has 2 aromatic rings. The van der Waals surface area contributed by atoms with E-state index in [4.69, 9.17) is 0 Å². The van der Waals surface area contributed by atoms with Crippen molar-refractivity contribution < 1.29 is 22.0 Å². The monoisotopic (exact) mass is 408 g/mol. The minimum Gasteiger partial charge on any atom is -0.322 e. The van der Waals surface area contributed by atoms with Gasteiger partial charge in [0, 0.05) is 18.8 Å². The highest BCUT2D eigenvalue weighted by molar-refractivity contribution is 7.89. The number of halogens is 2.